The van der Waals surface area contributed by atoms with E-state index in [1.165, 1.54) is 25.7 Å². The van der Waals surface area contributed by atoms with E-state index in [2.05, 4.69) is 22.0 Å². The molecule has 0 bridgehead atoms. The maximum Gasteiger partial charge on any atom is 0.124 e. The first kappa shape index (κ1) is 11.9. The zero-order valence-electron chi connectivity index (χ0n) is 9.58. The Bertz CT molecular complexity index is 359. The van der Waals surface area contributed by atoms with E-state index in [0.717, 1.165) is 15.8 Å². The number of hydrogen-bond acceptors (Lipinski definition) is 2. The summed E-state index contributed by atoms with van der Waals surface area (Å²) < 4.78 is 7.08. The predicted octanol–water partition coefficient (Wildman–Crippen LogP) is 3.79. The van der Waals surface area contributed by atoms with Gasteiger partial charge in [-0.3, -0.25) is 0 Å². The molecule has 16 heavy (non-hydrogen) atoms. The van der Waals surface area contributed by atoms with Crippen LogP contribution in [0.4, 0.5) is 0 Å². The topological polar surface area (TPSA) is 35.2 Å². The van der Waals surface area contributed by atoms with Crippen molar-refractivity contribution >= 4 is 15.9 Å². The monoisotopic (exact) mass is 283 g/mol. The molecule has 1 saturated carbocycles. The zero-order chi connectivity index (χ0) is 11.5. The molecule has 0 amide bonds. The average molecular weight is 284 g/mol. The van der Waals surface area contributed by atoms with Gasteiger partial charge in [-0.05, 0) is 50.8 Å². The van der Waals surface area contributed by atoms with Gasteiger partial charge in [0.2, 0.25) is 0 Å². The maximum absolute atomic E-state index is 6.02. The fourth-order valence-corrected chi connectivity index (χ4v) is 2.55. The van der Waals surface area contributed by atoms with Crippen LogP contribution in [-0.4, -0.2) is 6.10 Å². The molecule has 1 aromatic carbocycles. The summed E-state index contributed by atoms with van der Waals surface area (Å²) in [7, 11) is 0. The lowest BCUT2D eigenvalue weighted by Gasteiger charge is -2.18. The van der Waals surface area contributed by atoms with Crippen LogP contribution in [0.25, 0.3) is 0 Å². The normalized spacial score (nSPS) is 18.7. The second kappa shape index (κ2) is 5.19. The molecule has 1 aromatic rings. The van der Waals surface area contributed by atoms with Gasteiger partial charge >= 0.3 is 0 Å². The van der Waals surface area contributed by atoms with Gasteiger partial charge in [-0.25, -0.2) is 0 Å². The number of hydrogen-bond donors (Lipinski definition) is 1. The molecule has 0 saturated heterocycles. The van der Waals surface area contributed by atoms with Gasteiger partial charge in [0.25, 0.3) is 0 Å². The molecule has 3 heteroatoms. The van der Waals surface area contributed by atoms with Crippen molar-refractivity contribution < 1.29 is 4.74 Å². The summed E-state index contributed by atoms with van der Waals surface area (Å²) in [6.07, 6.45) is 5.31. The van der Waals surface area contributed by atoms with E-state index in [4.69, 9.17) is 10.5 Å². The molecule has 0 aliphatic heterocycles. The average Bonchev–Trinajstić information content (AvgIpc) is 2.73. The van der Waals surface area contributed by atoms with Crippen LogP contribution in [0.1, 0.15) is 44.2 Å². The molecular formula is C13H18BrNO. The van der Waals surface area contributed by atoms with Crippen molar-refractivity contribution in [3.8, 4) is 5.75 Å². The summed E-state index contributed by atoms with van der Waals surface area (Å²) in [4.78, 5) is 0. The van der Waals surface area contributed by atoms with E-state index in [1.54, 1.807) is 0 Å². The quantitative estimate of drug-likeness (QED) is 0.916. The molecule has 0 aromatic heterocycles. The van der Waals surface area contributed by atoms with Gasteiger partial charge in [0.15, 0.2) is 0 Å². The summed E-state index contributed by atoms with van der Waals surface area (Å²) in [6, 6.07) is 6.08. The Balaban J connectivity index is 2.18. The highest BCUT2D eigenvalue weighted by Gasteiger charge is 2.18. The number of rotatable bonds is 3. The van der Waals surface area contributed by atoms with Crippen LogP contribution >= 0.6 is 15.9 Å². The molecule has 0 radical (unpaired) electrons. The fraction of sp³-hybridized carbons (Fsp3) is 0.538. The van der Waals surface area contributed by atoms with Crippen LogP contribution in [0, 0.1) is 0 Å². The number of ether oxygens (including phenoxy) is 1. The van der Waals surface area contributed by atoms with Crippen LogP contribution in [0.3, 0.4) is 0 Å². The Labute approximate surface area is 105 Å². The summed E-state index contributed by atoms with van der Waals surface area (Å²) >= 11 is 3.47. The second-order valence-electron chi connectivity index (χ2n) is 4.50. The molecular weight excluding hydrogens is 266 g/mol. The van der Waals surface area contributed by atoms with E-state index in [9.17, 15) is 0 Å². The van der Waals surface area contributed by atoms with E-state index in [1.807, 2.05) is 19.1 Å². The second-order valence-corrected chi connectivity index (χ2v) is 5.41. The number of halogens is 1. The molecule has 2 N–H and O–H groups in total. The first-order valence-corrected chi connectivity index (χ1v) is 6.68. The number of benzene rings is 1. The van der Waals surface area contributed by atoms with Crippen molar-refractivity contribution in [2.24, 2.45) is 5.73 Å². The Morgan fingerprint density at radius 2 is 2.06 bits per heavy atom. The van der Waals surface area contributed by atoms with Gasteiger partial charge < -0.3 is 10.5 Å². The van der Waals surface area contributed by atoms with Crippen LogP contribution in [0.15, 0.2) is 22.7 Å². The predicted molar refractivity (Wildman–Crippen MR) is 69.6 cm³/mol. The lowest BCUT2D eigenvalue weighted by Crippen LogP contribution is -2.14. The first-order chi connectivity index (χ1) is 7.66. The third-order valence-corrected chi connectivity index (χ3v) is 3.55. The third-order valence-electron chi connectivity index (χ3n) is 3.06. The largest absolute Gasteiger partial charge is 0.490 e. The van der Waals surface area contributed by atoms with E-state index < -0.39 is 0 Å². The molecule has 0 spiro atoms. The summed E-state index contributed by atoms with van der Waals surface area (Å²) in [5, 5.41) is 0. The molecule has 2 rings (SSSR count). The fourth-order valence-electron chi connectivity index (χ4n) is 2.17. The maximum atomic E-state index is 6.02. The van der Waals surface area contributed by atoms with Gasteiger partial charge in [-0.15, -0.1) is 0 Å². The highest BCUT2D eigenvalue weighted by atomic mass is 79.9. The molecule has 2 nitrogen and oxygen atoms in total. The smallest absolute Gasteiger partial charge is 0.124 e. The SMILES string of the molecule is C[C@H](N)c1cc(Br)ccc1OC1CCCC1. The highest BCUT2D eigenvalue weighted by molar-refractivity contribution is 9.10. The van der Waals surface area contributed by atoms with Crippen LogP contribution in [0.5, 0.6) is 5.75 Å². The van der Waals surface area contributed by atoms with E-state index in [-0.39, 0.29) is 6.04 Å². The molecule has 0 unspecified atom stereocenters. The Morgan fingerprint density at radius 3 is 2.69 bits per heavy atom. The minimum atomic E-state index is 0.00824. The van der Waals surface area contributed by atoms with Crippen molar-refractivity contribution in [2.75, 3.05) is 0 Å². The minimum Gasteiger partial charge on any atom is -0.490 e. The molecule has 1 aliphatic carbocycles. The van der Waals surface area contributed by atoms with Gasteiger partial charge in [0.05, 0.1) is 6.10 Å². The minimum absolute atomic E-state index is 0.00824. The highest BCUT2D eigenvalue weighted by Crippen LogP contribution is 2.31. The van der Waals surface area contributed by atoms with Crippen molar-refractivity contribution in [2.45, 2.75) is 44.8 Å². The van der Waals surface area contributed by atoms with Crippen LogP contribution in [-0.2, 0) is 0 Å². The summed E-state index contributed by atoms with van der Waals surface area (Å²) in [5.74, 6) is 0.949. The van der Waals surface area contributed by atoms with Crippen molar-refractivity contribution in [3.05, 3.63) is 28.2 Å². The van der Waals surface area contributed by atoms with Gasteiger partial charge in [-0.2, -0.15) is 0 Å². The third kappa shape index (κ3) is 2.77. The molecule has 1 aliphatic rings. The van der Waals surface area contributed by atoms with E-state index >= 15 is 0 Å². The van der Waals surface area contributed by atoms with Crippen molar-refractivity contribution in [3.63, 3.8) is 0 Å². The molecule has 88 valence electrons. The standard InChI is InChI=1S/C13H18BrNO/c1-9(15)12-8-10(14)6-7-13(12)16-11-4-2-3-5-11/h6-9,11H,2-5,15H2,1H3/t9-/m0/s1. The van der Waals surface area contributed by atoms with Gasteiger partial charge in [0.1, 0.15) is 5.75 Å². The van der Waals surface area contributed by atoms with Crippen molar-refractivity contribution in [1.29, 1.82) is 0 Å². The first-order valence-electron chi connectivity index (χ1n) is 5.88. The summed E-state index contributed by atoms with van der Waals surface area (Å²) in [5.41, 5.74) is 7.04. The Hall–Kier alpha value is -0.540. The Kier molecular flexibility index (Phi) is 3.87. The number of nitrogens with two attached hydrogens (primary N) is 1. The van der Waals surface area contributed by atoms with Gasteiger partial charge in [0, 0.05) is 16.1 Å². The molecule has 1 atom stereocenters. The van der Waals surface area contributed by atoms with E-state index in [0.29, 0.717) is 6.10 Å². The zero-order valence-corrected chi connectivity index (χ0v) is 11.2. The Morgan fingerprint density at radius 1 is 1.38 bits per heavy atom. The van der Waals surface area contributed by atoms with Gasteiger partial charge in [-0.1, -0.05) is 15.9 Å². The lowest BCUT2D eigenvalue weighted by atomic mass is 10.1. The van der Waals surface area contributed by atoms with Crippen LogP contribution < -0.4 is 10.5 Å². The van der Waals surface area contributed by atoms with Crippen LogP contribution in [0.2, 0.25) is 0 Å². The summed E-state index contributed by atoms with van der Waals surface area (Å²) in [6.45, 7) is 1.99. The van der Waals surface area contributed by atoms with Crippen molar-refractivity contribution in [1.82, 2.24) is 0 Å². The molecule has 0 heterocycles. The molecule has 1 fully saturated rings. The lowest BCUT2D eigenvalue weighted by molar-refractivity contribution is 0.207.